The van der Waals surface area contributed by atoms with Gasteiger partial charge in [0.15, 0.2) is 11.6 Å². The molecule has 2 rings (SSSR count). The summed E-state index contributed by atoms with van der Waals surface area (Å²) in [7, 11) is 0. The van der Waals surface area contributed by atoms with E-state index in [0.29, 0.717) is 11.3 Å². The maximum absolute atomic E-state index is 13.9. The van der Waals surface area contributed by atoms with Crippen LogP contribution in [-0.2, 0) is 6.42 Å². The number of nitrogens with two attached hydrogens (primary N) is 1. The highest BCUT2D eigenvalue weighted by Crippen LogP contribution is 2.31. The van der Waals surface area contributed by atoms with Gasteiger partial charge in [-0.1, -0.05) is 31.2 Å². The van der Waals surface area contributed by atoms with Gasteiger partial charge in [0.25, 0.3) is 0 Å². The first-order chi connectivity index (χ1) is 9.11. The van der Waals surface area contributed by atoms with Gasteiger partial charge >= 0.3 is 0 Å². The Morgan fingerprint density at radius 1 is 1.16 bits per heavy atom. The second kappa shape index (κ2) is 5.85. The van der Waals surface area contributed by atoms with Gasteiger partial charge in [0.2, 0.25) is 0 Å². The van der Waals surface area contributed by atoms with Crippen LogP contribution in [0.2, 0.25) is 0 Å². The molecule has 2 aromatic carbocycles. The molecule has 2 N–H and O–H groups in total. The van der Waals surface area contributed by atoms with Crippen LogP contribution in [0.1, 0.15) is 31.0 Å². The predicted octanol–water partition coefficient (Wildman–Crippen LogP) is 4.20. The highest BCUT2D eigenvalue weighted by molar-refractivity contribution is 5.41. The maximum Gasteiger partial charge on any atom is 0.167 e. The fourth-order valence-corrected chi connectivity index (χ4v) is 1.90. The van der Waals surface area contributed by atoms with Gasteiger partial charge in [-0.3, -0.25) is 0 Å². The molecular weight excluding hydrogens is 241 g/mol. The standard InChI is InChI=1S/C16H18FNO/c1-3-12-7-9-13(10-8-12)19-16-14(11(2)18)5-4-6-15(16)17/h4-11H,3,18H2,1-2H3/t11-/m1/s1. The first kappa shape index (κ1) is 13.6. The molecule has 3 heteroatoms. The van der Waals surface area contributed by atoms with Crippen molar-refractivity contribution in [1.82, 2.24) is 0 Å². The summed E-state index contributed by atoms with van der Waals surface area (Å²) in [5.74, 6) is 0.431. The molecule has 2 aromatic rings. The van der Waals surface area contributed by atoms with Crippen molar-refractivity contribution in [2.45, 2.75) is 26.3 Å². The monoisotopic (exact) mass is 259 g/mol. The average Bonchev–Trinajstić information content (AvgIpc) is 2.41. The fraction of sp³-hybridized carbons (Fsp3) is 0.250. The number of benzene rings is 2. The Labute approximate surface area is 113 Å². The Morgan fingerprint density at radius 3 is 2.42 bits per heavy atom. The summed E-state index contributed by atoms with van der Waals surface area (Å²) < 4.78 is 19.5. The van der Waals surface area contributed by atoms with Crippen LogP contribution in [0.5, 0.6) is 11.5 Å². The van der Waals surface area contributed by atoms with Crippen LogP contribution in [0, 0.1) is 5.82 Å². The first-order valence-electron chi connectivity index (χ1n) is 6.42. The topological polar surface area (TPSA) is 35.2 Å². The Hall–Kier alpha value is -1.87. The van der Waals surface area contributed by atoms with E-state index in [0.717, 1.165) is 6.42 Å². The van der Waals surface area contributed by atoms with Crippen molar-refractivity contribution in [3.8, 4) is 11.5 Å². The van der Waals surface area contributed by atoms with Crippen LogP contribution in [-0.4, -0.2) is 0 Å². The van der Waals surface area contributed by atoms with Crippen molar-refractivity contribution in [3.05, 3.63) is 59.4 Å². The molecule has 1 atom stereocenters. The lowest BCUT2D eigenvalue weighted by Crippen LogP contribution is -2.07. The third-order valence-electron chi connectivity index (χ3n) is 3.04. The Morgan fingerprint density at radius 2 is 1.84 bits per heavy atom. The van der Waals surface area contributed by atoms with E-state index in [1.54, 1.807) is 12.1 Å². The molecule has 0 aromatic heterocycles. The summed E-state index contributed by atoms with van der Waals surface area (Å²) in [6, 6.07) is 12.2. The molecule has 0 radical (unpaired) electrons. The van der Waals surface area contributed by atoms with E-state index in [1.165, 1.54) is 11.6 Å². The van der Waals surface area contributed by atoms with E-state index in [1.807, 2.05) is 31.2 Å². The minimum atomic E-state index is -0.394. The third-order valence-corrected chi connectivity index (χ3v) is 3.04. The molecule has 0 aliphatic rings. The molecule has 0 aliphatic carbocycles. The van der Waals surface area contributed by atoms with Crippen LogP contribution in [0.4, 0.5) is 4.39 Å². The Bertz CT molecular complexity index is 549. The van der Waals surface area contributed by atoms with Gasteiger partial charge in [-0.2, -0.15) is 0 Å². The van der Waals surface area contributed by atoms with Gasteiger partial charge in [-0.15, -0.1) is 0 Å². The second-order valence-corrected chi connectivity index (χ2v) is 4.55. The number of para-hydroxylation sites is 1. The van der Waals surface area contributed by atoms with Gasteiger partial charge in [0.05, 0.1) is 0 Å². The number of halogens is 1. The molecule has 0 saturated carbocycles. The quantitative estimate of drug-likeness (QED) is 0.893. The molecule has 0 saturated heterocycles. The minimum Gasteiger partial charge on any atom is -0.454 e. The molecule has 19 heavy (non-hydrogen) atoms. The largest absolute Gasteiger partial charge is 0.454 e. The van der Waals surface area contributed by atoms with Crippen molar-refractivity contribution in [1.29, 1.82) is 0 Å². The van der Waals surface area contributed by atoms with E-state index >= 15 is 0 Å². The molecule has 100 valence electrons. The molecular formula is C16H18FNO. The van der Waals surface area contributed by atoms with Crippen molar-refractivity contribution >= 4 is 0 Å². The smallest absolute Gasteiger partial charge is 0.167 e. The van der Waals surface area contributed by atoms with Crippen molar-refractivity contribution in [2.24, 2.45) is 5.73 Å². The van der Waals surface area contributed by atoms with Crippen molar-refractivity contribution < 1.29 is 9.13 Å². The second-order valence-electron chi connectivity index (χ2n) is 4.55. The SMILES string of the molecule is CCc1ccc(Oc2c(F)cccc2[C@@H](C)N)cc1. The number of hydrogen-bond donors (Lipinski definition) is 1. The van der Waals surface area contributed by atoms with Crippen LogP contribution in [0.15, 0.2) is 42.5 Å². The van der Waals surface area contributed by atoms with Crippen molar-refractivity contribution in [3.63, 3.8) is 0 Å². The summed E-state index contributed by atoms with van der Waals surface area (Å²) in [4.78, 5) is 0. The maximum atomic E-state index is 13.9. The zero-order valence-electron chi connectivity index (χ0n) is 11.2. The number of ether oxygens (including phenoxy) is 1. The highest BCUT2D eigenvalue weighted by Gasteiger charge is 2.13. The average molecular weight is 259 g/mol. The molecule has 0 spiro atoms. The zero-order valence-corrected chi connectivity index (χ0v) is 11.2. The number of rotatable bonds is 4. The Kier molecular flexibility index (Phi) is 4.17. The summed E-state index contributed by atoms with van der Waals surface area (Å²) >= 11 is 0. The highest BCUT2D eigenvalue weighted by atomic mass is 19.1. The van der Waals surface area contributed by atoms with Gasteiger partial charge in [-0.25, -0.2) is 4.39 Å². The fourth-order valence-electron chi connectivity index (χ4n) is 1.90. The lowest BCUT2D eigenvalue weighted by Gasteiger charge is -2.14. The van der Waals surface area contributed by atoms with Gasteiger partial charge in [-0.05, 0) is 37.1 Å². The van der Waals surface area contributed by atoms with Crippen LogP contribution >= 0.6 is 0 Å². The molecule has 0 bridgehead atoms. The van der Waals surface area contributed by atoms with E-state index in [9.17, 15) is 4.39 Å². The molecule has 0 unspecified atom stereocenters. The molecule has 0 heterocycles. The molecule has 2 nitrogen and oxygen atoms in total. The first-order valence-corrected chi connectivity index (χ1v) is 6.42. The lowest BCUT2D eigenvalue weighted by molar-refractivity contribution is 0.432. The summed E-state index contributed by atoms with van der Waals surface area (Å²) in [6.45, 7) is 3.89. The van der Waals surface area contributed by atoms with Gasteiger partial charge < -0.3 is 10.5 Å². The van der Waals surface area contributed by atoms with Crippen LogP contribution in [0.3, 0.4) is 0 Å². The van der Waals surface area contributed by atoms with Crippen molar-refractivity contribution in [2.75, 3.05) is 0 Å². The zero-order chi connectivity index (χ0) is 13.8. The van der Waals surface area contributed by atoms with Crippen LogP contribution < -0.4 is 10.5 Å². The van der Waals surface area contributed by atoms with Gasteiger partial charge in [0.1, 0.15) is 5.75 Å². The van der Waals surface area contributed by atoms with Crippen LogP contribution in [0.25, 0.3) is 0 Å². The minimum absolute atomic E-state index is 0.210. The summed E-state index contributed by atoms with van der Waals surface area (Å²) in [6.07, 6.45) is 0.963. The normalized spacial score (nSPS) is 12.2. The van der Waals surface area contributed by atoms with E-state index < -0.39 is 5.82 Å². The third kappa shape index (κ3) is 3.12. The van der Waals surface area contributed by atoms with Gasteiger partial charge in [0, 0.05) is 11.6 Å². The number of hydrogen-bond acceptors (Lipinski definition) is 2. The number of aryl methyl sites for hydroxylation is 1. The van der Waals surface area contributed by atoms with E-state index in [-0.39, 0.29) is 11.8 Å². The van der Waals surface area contributed by atoms with E-state index in [4.69, 9.17) is 10.5 Å². The lowest BCUT2D eigenvalue weighted by atomic mass is 10.1. The summed E-state index contributed by atoms with van der Waals surface area (Å²) in [5, 5.41) is 0. The molecule has 0 fully saturated rings. The Balaban J connectivity index is 2.31. The van der Waals surface area contributed by atoms with E-state index in [2.05, 4.69) is 6.92 Å². The summed E-state index contributed by atoms with van der Waals surface area (Å²) in [5.41, 5.74) is 7.72. The molecule has 0 amide bonds. The predicted molar refractivity (Wildman–Crippen MR) is 74.9 cm³/mol. The molecule has 0 aliphatic heterocycles.